The third kappa shape index (κ3) is 6.08. The molecule has 2 fully saturated rings. The highest BCUT2D eigenvalue weighted by atomic mass is 16.6. The fourth-order valence-electron chi connectivity index (χ4n) is 5.26. The van der Waals surface area contributed by atoms with Gasteiger partial charge in [-0.2, -0.15) is 0 Å². The van der Waals surface area contributed by atoms with Gasteiger partial charge in [0, 0.05) is 70.2 Å². The van der Waals surface area contributed by atoms with E-state index in [1.807, 2.05) is 32.0 Å². The summed E-state index contributed by atoms with van der Waals surface area (Å²) in [6.07, 6.45) is 7.42. The molecule has 1 aromatic rings. The van der Waals surface area contributed by atoms with Gasteiger partial charge in [0.2, 0.25) is 0 Å². The average Bonchev–Trinajstić information content (AvgIpc) is 2.84. The first kappa shape index (κ1) is 26.4. The van der Waals surface area contributed by atoms with Crippen molar-refractivity contribution in [1.29, 1.82) is 0 Å². The minimum atomic E-state index is -0.556. The molecule has 2 heterocycles. The average molecular weight is 471 g/mol. The standard InChI is InChI=1S/C28H42N2O4/c1-6-25(31)33-27(24-12-9-8-10-13-24)15-18-30(19-16-27)17-11-14-28(34-26(32)7-2)20-23(4)29(5)21-22(28)3/h8-14,22-23H,6-7,15-21H2,1-5H3/b14-11+. The Hall–Kier alpha value is -2.18. The Morgan fingerprint density at radius 2 is 1.65 bits per heavy atom. The van der Waals surface area contributed by atoms with E-state index in [2.05, 4.69) is 55.0 Å². The van der Waals surface area contributed by atoms with Crippen LogP contribution in [0.5, 0.6) is 0 Å². The van der Waals surface area contributed by atoms with Crippen molar-refractivity contribution in [2.24, 2.45) is 5.92 Å². The molecule has 0 aromatic heterocycles. The lowest BCUT2D eigenvalue weighted by Crippen LogP contribution is -2.54. The summed E-state index contributed by atoms with van der Waals surface area (Å²) in [4.78, 5) is 29.2. The second-order valence-electron chi connectivity index (χ2n) is 10.1. The monoisotopic (exact) mass is 470 g/mol. The summed E-state index contributed by atoms with van der Waals surface area (Å²) < 4.78 is 12.1. The number of rotatable bonds is 8. The highest BCUT2D eigenvalue weighted by molar-refractivity contribution is 5.70. The van der Waals surface area contributed by atoms with E-state index in [-0.39, 0.29) is 17.9 Å². The molecule has 188 valence electrons. The molecule has 0 N–H and O–H groups in total. The van der Waals surface area contributed by atoms with Crippen LogP contribution in [0.25, 0.3) is 0 Å². The van der Waals surface area contributed by atoms with Gasteiger partial charge in [-0.1, -0.05) is 57.2 Å². The van der Waals surface area contributed by atoms with Crippen molar-refractivity contribution in [3.8, 4) is 0 Å². The van der Waals surface area contributed by atoms with E-state index in [1.54, 1.807) is 0 Å². The highest BCUT2D eigenvalue weighted by Gasteiger charge is 2.44. The minimum Gasteiger partial charge on any atom is -0.454 e. The van der Waals surface area contributed by atoms with Crippen molar-refractivity contribution in [3.05, 3.63) is 48.0 Å². The quantitative estimate of drug-likeness (QED) is 0.411. The van der Waals surface area contributed by atoms with Crippen LogP contribution in [0.4, 0.5) is 0 Å². The normalized spacial score (nSPS) is 28.0. The number of carbonyl (C=O) groups excluding carboxylic acids is 2. The van der Waals surface area contributed by atoms with Crippen LogP contribution in [0.3, 0.4) is 0 Å². The molecule has 34 heavy (non-hydrogen) atoms. The van der Waals surface area contributed by atoms with Crippen molar-refractivity contribution in [1.82, 2.24) is 9.80 Å². The predicted molar refractivity (Wildman–Crippen MR) is 134 cm³/mol. The summed E-state index contributed by atoms with van der Waals surface area (Å²) in [7, 11) is 2.13. The van der Waals surface area contributed by atoms with Gasteiger partial charge in [-0.15, -0.1) is 0 Å². The Morgan fingerprint density at radius 1 is 1.03 bits per heavy atom. The van der Waals surface area contributed by atoms with Crippen LogP contribution in [0, 0.1) is 5.92 Å². The molecule has 3 atom stereocenters. The summed E-state index contributed by atoms with van der Waals surface area (Å²) in [5.74, 6) is -0.0696. The summed E-state index contributed by atoms with van der Waals surface area (Å²) >= 11 is 0. The van der Waals surface area contributed by atoms with E-state index in [0.717, 1.165) is 51.0 Å². The molecule has 2 aliphatic heterocycles. The van der Waals surface area contributed by atoms with Gasteiger partial charge in [-0.3, -0.25) is 14.5 Å². The molecule has 0 bridgehead atoms. The lowest BCUT2D eigenvalue weighted by Gasteiger charge is -2.46. The summed E-state index contributed by atoms with van der Waals surface area (Å²) in [5, 5.41) is 0. The van der Waals surface area contributed by atoms with Gasteiger partial charge < -0.3 is 14.4 Å². The van der Waals surface area contributed by atoms with Gasteiger partial charge in [-0.25, -0.2) is 0 Å². The second kappa shape index (κ2) is 11.5. The third-order valence-electron chi connectivity index (χ3n) is 7.68. The SMILES string of the molecule is CCC(=O)OC1(c2ccccc2)CCN(C/C=C/C2(OC(=O)CC)CC(C)N(C)CC2C)CC1. The number of esters is 2. The smallest absolute Gasteiger partial charge is 0.306 e. The van der Waals surface area contributed by atoms with Gasteiger partial charge in [0.1, 0.15) is 11.2 Å². The van der Waals surface area contributed by atoms with Gasteiger partial charge >= 0.3 is 11.9 Å². The molecule has 3 unspecified atom stereocenters. The first-order valence-corrected chi connectivity index (χ1v) is 12.8. The number of hydrogen-bond acceptors (Lipinski definition) is 6. The zero-order valence-corrected chi connectivity index (χ0v) is 21.6. The van der Waals surface area contributed by atoms with Crippen molar-refractivity contribution < 1.29 is 19.1 Å². The number of carbonyl (C=O) groups is 2. The van der Waals surface area contributed by atoms with Gasteiger partial charge in [0.05, 0.1) is 0 Å². The Balaban J connectivity index is 1.68. The van der Waals surface area contributed by atoms with Crippen LogP contribution >= 0.6 is 0 Å². The molecular weight excluding hydrogens is 428 g/mol. The Bertz CT molecular complexity index is 847. The van der Waals surface area contributed by atoms with E-state index < -0.39 is 11.2 Å². The van der Waals surface area contributed by atoms with Gasteiger partial charge in [0.25, 0.3) is 0 Å². The van der Waals surface area contributed by atoms with E-state index in [0.29, 0.717) is 18.9 Å². The largest absolute Gasteiger partial charge is 0.454 e. The van der Waals surface area contributed by atoms with Crippen molar-refractivity contribution >= 4 is 11.9 Å². The molecule has 3 rings (SSSR count). The molecule has 6 nitrogen and oxygen atoms in total. The molecule has 0 amide bonds. The van der Waals surface area contributed by atoms with Gasteiger partial charge in [0.15, 0.2) is 0 Å². The van der Waals surface area contributed by atoms with Crippen molar-refractivity contribution in [3.63, 3.8) is 0 Å². The van der Waals surface area contributed by atoms with Crippen LogP contribution < -0.4 is 0 Å². The molecule has 2 saturated heterocycles. The van der Waals surface area contributed by atoms with Crippen molar-refractivity contribution in [2.75, 3.05) is 33.2 Å². The molecule has 1 aromatic carbocycles. The van der Waals surface area contributed by atoms with Crippen LogP contribution in [0.15, 0.2) is 42.5 Å². The second-order valence-corrected chi connectivity index (χ2v) is 10.1. The maximum atomic E-state index is 12.3. The van der Waals surface area contributed by atoms with E-state index in [1.165, 1.54) is 0 Å². The van der Waals surface area contributed by atoms with Crippen LogP contribution in [0.2, 0.25) is 0 Å². The fraction of sp³-hybridized carbons (Fsp3) is 0.643. The van der Waals surface area contributed by atoms with Crippen LogP contribution in [-0.2, 0) is 24.7 Å². The Morgan fingerprint density at radius 3 is 2.26 bits per heavy atom. The van der Waals surface area contributed by atoms with Crippen LogP contribution in [-0.4, -0.2) is 66.6 Å². The molecule has 0 radical (unpaired) electrons. The first-order valence-electron chi connectivity index (χ1n) is 12.8. The Kier molecular flexibility index (Phi) is 8.94. The zero-order valence-electron chi connectivity index (χ0n) is 21.6. The number of piperidine rings is 2. The number of nitrogens with zero attached hydrogens (tertiary/aromatic N) is 2. The first-order chi connectivity index (χ1) is 16.2. The predicted octanol–water partition coefficient (Wildman–Crippen LogP) is 4.54. The fourth-order valence-corrected chi connectivity index (χ4v) is 5.26. The van der Waals surface area contributed by atoms with E-state index in [9.17, 15) is 9.59 Å². The number of benzene rings is 1. The molecule has 6 heteroatoms. The summed E-state index contributed by atoms with van der Waals surface area (Å²) in [6.45, 7) is 11.4. The molecule has 0 spiro atoms. The van der Waals surface area contributed by atoms with Crippen LogP contribution in [0.1, 0.15) is 65.4 Å². The molecular formula is C28H42N2O4. The number of hydrogen-bond donors (Lipinski definition) is 0. The molecule has 0 aliphatic carbocycles. The maximum absolute atomic E-state index is 12.3. The third-order valence-corrected chi connectivity index (χ3v) is 7.68. The van der Waals surface area contributed by atoms with Gasteiger partial charge in [-0.05, 0) is 25.6 Å². The maximum Gasteiger partial charge on any atom is 0.306 e. The summed E-state index contributed by atoms with van der Waals surface area (Å²) in [6, 6.07) is 10.5. The number of ether oxygens (including phenoxy) is 2. The lowest BCUT2D eigenvalue weighted by molar-refractivity contribution is -0.167. The highest BCUT2D eigenvalue weighted by Crippen LogP contribution is 2.38. The topological polar surface area (TPSA) is 59.1 Å². The zero-order chi connectivity index (χ0) is 24.8. The number of likely N-dealkylation sites (tertiary alicyclic amines) is 2. The summed E-state index contributed by atoms with van der Waals surface area (Å²) in [5.41, 5.74) is -0.0320. The van der Waals surface area contributed by atoms with Crippen molar-refractivity contribution in [2.45, 2.75) is 77.0 Å². The van der Waals surface area contributed by atoms with E-state index >= 15 is 0 Å². The minimum absolute atomic E-state index is 0.142. The Labute approximate surface area is 205 Å². The molecule has 2 aliphatic rings. The lowest BCUT2D eigenvalue weighted by atomic mass is 9.78. The molecule has 0 saturated carbocycles. The van der Waals surface area contributed by atoms with E-state index in [4.69, 9.17) is 9.47 Å².